The first-order valence-corrected chi connectivity index (χ1v) is 8.12. The van der Waals surface area contributed by atoms with Crippen LogP contribution in [0.15, 0.2) is 42.6 Å². The van der Waals surface area contributed by atoms with Crippen molar-refractivity contribution in [1.29, 1.82) is 0 Å². The predicted molar refractivity (Wildman–Crippen MR) is 92.0 cm³/mol. The zero-order valence-electron chi connectivity index (χ0n) is 13.2. The Labute approximate surface area is 136 Å². The number of nitrogens with zero attached hydrogens (tertiary/aromatic N) is 2. The Balaban J connectivity index is 1.51. The highest BCUT2D eigenvalue weighted by atomic mass is 16.5. The van der Waals surface area contributed by atoms with Crippen LogP contribution in [0.4, 0.5) is 11.5 Å². The van der Waals surface area contributed by atoms with Gasteiger partial charge < -0.3 is 20.1 Å². The van der Waals surface area contributed by atoms with Crippen LogP contribution in [0, 0.1) is 0 Å². The van der Waals surface area contributed by atoms with Gasteiger partial charge >= 0.3 is 0 Å². The average molecular weight is 313 g/mol. The third-order valence-electron chi connectivity index (χ3n) is 3.95. The van der Waals surface area contributed by atoms with Crippen molar-refractivity contribution in [3.8, 4) is 5.75 Å². The van der Waals surface area contributed by atoms with Crippen LogP contribution in [0.3, 0.4) is 0 Å². The first kappa shape index (κ1) is 15.6. The van der Waals surface area contributed by atoms with Gasteiger partial charge in [-0.25, -0.2) is 4.98 Å². The number of rotatable bonds is 7. The molecule has 23 heavy (non-hydrogen) atoms. The van der Waals surface area contributed by atoms with E-state index < -0.39 is 0 Å². The molecule has 3 rings (SSSR count). The molecule has 1 fully saturated rings. The molecule has 2 aromatic rings. The summed E-state index contributed by atoms with van der Waals surface area (Å²) in [4.78, 5) is 6.90. The third kappa shape index (κ3) is 4.36. The van der Waals surface area contributed by atoms with Crippen LogP contribution in [0.1, 0.15) is 18.4 Å². The van der Waals surface area contributed by atoms with Crippen LogP contribution in [0.2, 0.25) is 0 Å². The maximum Gasteiger partial charge on any atom is 0.128 e. The molecule has 0 unspecified atom stereocenters. The number of ether oxygens (including phenoxy) is 1. The molecule has 1 aromatic heterocycles. The third-order valence-corrected chi connectivity index (χ3v) is 3.95. The number of nitrogens with one attached hydrogen (secondary N) is 1. The van der Waals surface area contributed by atoms with Crippen molar-refractivity contribution in [3.05, 3.63) is 48.2 Å². The molecule has 0 bridgehead atoms. The van der Waals surface area contributed by atoms with Crippen molar-refractivity contribution in [2.75, 3.05) is 36.5 Å². The molecule has 1 aliphatic heterocycles. The molecule has 2 N–H and O–H groups in total. The first-order valence-electron chi connectivity index (χ1n) is 8.12. The molecule has 122 valence electrons. The summed E-state index contributed by atoms with van der Waals surface area (Å²) >= 11 is 0. The molecule has 1 aliphatic rings. The Kier molecular flexibility index (Phi) is 5.32. The van der Waals surface area contributed by atoms with Gasteiger partial charge in [0.1, 0.15) is 18.2 Å². The lowest BCUT2D eigenvalue weighted by atomic mass is 10.2. The van der Waals surface area contributed by atoms with Crippen molar-refractivity contribution in [2.24, 2.45) is 0 Å². The lowest BCUT2D eigenvalue weighted by molar-refractivity contribution is 0.201. The van der Waals surface area contributed by atoms with Crippen molar-refractivity contribution >= 4 is 11.5 Å². The Bertz CT molecular complexity index is 593. The molecule has 0 saturated carbocycles. The van der Waals surface area contributed by atoms with Gasteiger partial charge in [-0.3, -0.25) is 0 Å². The van der Waals surface area contributed by atoms with Gasteiger partial charge in [0.05, 0.1) is 6.61 Å². The van der Waals surface area contributed by atoms with Gasteiger partial charge in [-0.15, -0.1) is 0 Å². The standard InChI is InChI=1S/C18H23N3O2/c22-11-12-23-17-6-4-16(5-7-17)19-13-15-3-8-18(20-14-15)21-9-1-2-10-21/h3-8,14,19,22H,1-2,9-13H2. The number of aliphatic hydroxyl groups is 1. The molecular weight excluding hydrogens is 290 g/mol. The van der Waals surface area contributed by atoms with E-state index in [1.807, 2.05) is 30.5 Å². The van der Waals surface area contributed by atoms with Crippen LogP contribution in [-0.2, 0) is 6.54 Å². The van der Waals surface area contributed by atoms with Gasteiger partial charge in [0.2, 0.25) is 0 Å². The van der Waals surface area contributed by atoms with Crippen LogP contribution < -0.4 is 15.0 Å². The number of hydrogen-bond donors (Lipinski definition) is 2. The minimum absolute atomic E-state index is 0.0282. The molecule has 5 heteroatoms. The van der Waals surface area contributed by atoms with E-state index in [1.54, 1.807) is 0 Å². The molecule has 0 aliphatic carbocycles. The van der Waals surface area contributed by atoms with Gasteiger partial charge in [-0.2, -0.15) is 0 Å². The number of anilines is 2. The number of benzene rings is 1. The van der Waals surface area contributed by atoms with E-state index in [-0.39, 0.29) is 6.61 Å². The van der Waals surface area contributed by atoms with Gasteiger partial charge in [0.15, 0.2) is 0 Å². The Hall–Kier alpha value is -2.27. The summed E-state index contributed by atoms with van der Waals surface area (Å²) in [6, 6.07) is 12.0. The molecule has 0 amide bonds. The quantitative estimate of drug-likeness (QED) is 0.823. The summed E-state index contributed by atoms with van der Waals surface area (Å²) < 4.78 is 5.34. The van der Waals surface area contributed by atoms with E-state index in [0.29, 0.717) is 6.61 Å². The van der Waals surface area contributed by atoms with E-state index >= 15 is 0 Å². The fourth-order valence-electron chi connectivity index (χ4n) is 2.69. The second kappa shape index (κ2) is 7.83. The Morgan fingerprint density at radius 1 is 1.09 bits per heavy atom. The number of hydrogen-bond acceptors (Lipinski definition) is 5. The maximum atomic E-state index is 8.73. The minimum Gasteiger partial charge on any atom is -0.491 e. The molecule has 1 saturated heterocycles. The highest BCUT2D eigenvalue weighted by Crippen LogP contribution is 2.19. The Morgan fingerprint density at radius 3 is 2.52 bits per heavy atom. The highest BCUT2D eigenvalue weighted by molar-refractivity contribution is 5.47. The van der Waals surface area contributed by atoms with Crippen molar-refractivity contribution < 1.29 is 9.84 Å². The topological polar surface area (TPSA) is 57.6 Å². The lowest BCUT2D eigenvalue weighted by Crippen LogP contribution is -2.18. The summed E-state index contributed by atoms with van der Waals surface area (Å²) in [7, 11) is 0. The molecule has 1 aromatic carbocycles. The average Bonchev–Trinajstić information content (AvgIpc) is 3.14. The van der Waals surface area contributed by atoms with E-state index in [2.05, 4.69) is 27.3 Å². The molecule has 5 nitrogen and oxygen atoms in total. The van der Waals surface area contributed by atoms with Gasteiger partial charge in [-0.1, -0.05) is 6.07 Å². The summed E-state index contributed by atoms with van der Waals surface area (Å²) in [5.74, 6) is 1.85. The van der Waals surface area contributed by atoms with Gasteiger partial charge in [-0.05, 0) is 48.7 Å². The smallest absolute Gasteiger partial charge is 0.128 e. The predicted octanol–water partition coefficient (Wildman–Crippen LogP) is 2.67. The van der Waals surface area contributed by atoms with E-state index in [9.17, 15) is 0 Å². The van der Waals surface area contributed by atoms with Gasteiger partial charge in [0, 0.05) is 31.5 Å². The second-order valence-corrected chi connectivity index (χ2v) is 5.67. The van der Waals surface area contributed by atoms with E-state index in [1.165, 1.54) is 12.8 Å². The summed E-state index contributed by atoms with van der Waals surface area (Å²) in [5.41, 5.74) is 2.19. The summed E-state index contributed by atoms with van der Waals surface area (Å²) in [5, 5.41) is 12.1. The number of aliphatic hydroxyl groups excluding tert-OH is 1. The minimum atomic E-state index is 0.0282. The molecule has 0 spiro atoms. The monoisotopic (exact) mass is 313 g/mol. The number of aromatic nitrogens is 1. The van der Waals surface area contributed by atoms with Crippen molar-refractivity contribution in [1.82, 2.24) is 4.98 Å². The zero-order chi connectivity index (χ0) is 15.9. The van der Waals surface area contributed by atoms with Crippen LogP contribution in [-0.4, -0.2) is 36.4 Å². The van der Waals surface area contributed by atoms with Crippen molar-refractivity contribution in [2.45, 2.75) is 19.4 Å². The SMILES string of the molecule is OCCOc1ccc(NCc2ccc(N3CCCC3)nc2)cc1. The summed E-state index contributed by atoms with van der Waals surface area (Å²) in [6.07, 6.45) is 4.48. The first-order chi connectivity index (χ1) is 11.3. The van der Waals surface area contributed by atoms with E-state index in [0.717, 1.165) is 42.5 Å². The lowest BCUT2D eigenvalue weighted by Gasteiger charge is -2.16. The Morgan fingerprint density at radius 2 is 1.87 bits per heavy atom. The highest BCUT2D eigenvalue weighted by Gasteiger charge is 2.12. The largest absolute Gasteiger partial charge is 0.491 e. The normalized spacial score (nSPS) is 14.0. The molecular formula is C18H23N3O2. The van der Waals surface area contributed by atoms with Crippen LogP contribution in [0.25, 0.3) is 0 Å². The molecule has 0 radical (unpaired) electrons. The van der Waals surface area contributed by atoms with Gasteiger partial charge in [0.25, 0.3) is 0 Å². The fraction of sp³-hybridized carbons (Fsp3) is 0.389. The van der Waals surface area contributed by atoms with Crippen LogP contribution in [0.5, 0.6) is 5.75 Å². The zero-order valence-corrected chi connectivity index (χ0v) is 13.2. The summed E-state index contributed by atoms with van der Waals surface area (Å²) in [6.45, 7) is 3.33. The molecule has 0 atom stereocenters. The fourth-order valence-corrected chi connectivity index (χ4v) is 2.69. The van der Waals surface area contributed by atoms with E-state index in [4.69, 9.17) is 9.84 Å². The van der Waals surface area contributed by atoms with Crippen LogP contribution >= 0.6 is 0 Å². The maximum absolute atomic E-state index is 8.73. The second-order valence-electron chi connectivity index (χ2n) is 5.67. The molecule has 2 heterocycles. The number of pyridine rings is 1. The van der Waals surface area contributed by atoms with Crippen molar-refractivity contribution in [3.63, 3.8) is 0 Å².